The molecule has 2 nitrogen and oxygen atoms in total. The summed E-state index contributed by atoms with van der Waals surface area (Å²) in [5.41, 5.74) is 9.27. The molecule has 0 fully saturated rings. The summed E-state index contributed by atoms with van der Waals surface area (Å²) in [5.74, 6) is 0. The van der Waals surface area contributed by atoms with E-state index in [-0.39, 0.29) is 0 Å². The van der Waals surface area contributed by atoms with Crippen LogP contribution >= 0.6 is 11.3 Å². The van der Waals surface area contributed by atoms with E-state index in [2.05, 4.69) is 230 Å². The van der Waals surface area contributed by atoms with E-state index in [0.29, 0.717) is 0 Å². The summed E-state index contributed by atoms with van der Waals surface area (Å²) in [4.78, 5) is 4.80. The number of rotatable bonds is 8. The van der Waals surface area contributed by atoms with Crippen molar-refractivity contribution in [1.29, 1.82) is 0 Å². The fourth-order valence-electron chi connectivity index (χ4n) is 8.38. The maximum absolute atomic E-state index is 2.41. The van der Waals surface area contributed by atoms with Crippen LogP contribution in [0.5, 0.6) is 0 Å². The highest BCUT2D eigenvalue weighted by Crippen LogP contribution is 2.48. The maximum atomic E-state index is 2.41. The number of benzene rings is 9. The standard InChI is InChI=1S/C53H42N2SSi/c1-57(2,3)43-31-27-40(28-32-43)54(38-19-9-5-10-20-38)42-30-34-48-51(36-42)56-53-47-33-29-41(35-49(47)45-24-13-14-25-46(45)52(48)53)55(39-21-11-6-12-22-39)50-26-16-15-23-44(50)37-17-7-4-8-18-37/h4-36H,1-3H3. The number of thiophene rings is 1. The first-order valence-electron chi connectivity index (χ1n) is 19.7. The highest BCUT2D eigenvalue weighted by atomic mass is 32.1. The Hall–Kier alpha value is -6.46. The van der Waals surface area contributed by atoms with E-state index in [4.69, 9.17) is 0 Å². The SMILES string of the molecule is C[Si](C)(C)c1ccc(N(c2ccccc2)c2ccc3c(c2)sc2c4ccc(N(c5ccccc5)c5ccccc5-c5ccccc5)cc4c4ccccc4c32)cc1. The highest BCUT2D eigenvalue weighted by Gasteiger charge is 2.22. The first kappa shape index (κ1) is 35.0. The van der Waals surface area contributed by atoms with Gasteiger partial charge in [-0.15, -0.1) is 11.3 Å². The first-order valence-corrected chi connectivity index (χ1v) is 24.0. The molecule has 274 valence electrons. The average Bonchev–Trinajstić information content (AvgIpc) is 3.64. The van der Waals surface area contributed by atoms with Crippen molar-refractivity contribution in [2.75, 3.05) is 9.80 Å². The van der Waals surface area contributed by atoms with E-state index >= 15 is 0 Å². The van der Waals surface area contributed by atoms with Crippen molar-refractivity contribution in [3.8, 4) is 11.1 Å². The molecule has 10 rings (SSSR count). The Morgan fingerprint density at radius 3 is 1.60 bits per heavy atom. The van der Waals surface area contributed by atoms with Gasteiger partial charge in [-0.05, 0) is 88.5 Å². The zero-order valence-electron chi connectivity index (χ0n) is 32.4. The van der Waals surface area contributed by atoms with Crippen molar-refractivity contribution in [1.82, 2.24) is 0 Å². The molecule has 4 heteroatoms. The van der Waals surface area contributed by atoms with E-state index in [1.165, 1.54) is 63.7 Å². The number of nitrogens with zero attached hydrogens (tertiary/aromatic N) is 2. The molecule has 57 heavy (non-hydrogen) atoms. The summed E-state index contributed by atoms with van der Waals surface area (Å²) in [6, 6.07) is 73.3. The Kier molecular flexibility index (Phi) is 8.74. The highest BCUT2D eigenvalue weighted by molar-refractivity contribution is 7.27. The monoisotopic (exact) mass is 766 g/mol. The summed E-state index contributed by atoms with van der Waals surface area (Å²) in [7, 11) is -1.43. The molecule has 0 N–H and O–H groups in total. The minimum Gasteiger partial charge on any atom is -0.310 e. The van der Waals surface area contributed by atoms with Crippen LogP contribution in [-0.2, 0) is 0 Å². The predicted octanol–water partition coefficient (Wildman–Crippen LogP) is 15.5. The van der Waals surface area contributed by atoms with Crippen molar-refractivity contribution in [2.24, 2.45) is 0 Å². The Bertz CT molecular complexity index is 3040. The van der Waals surface area contributed by atoms with Crippen LogP contribution in [0.15, 0.2) is 200 Å². The van der Waals surface area contributed by atoms with E-state index < -0.39 is 8.07 Å². The van der Waals surface area contributed by atoms with Crippen LogP contribution in [0.4, 0.5) is 34.1 Å². The van der Waals surface area contributed by atoms with Gasteiger partial charge in [-0.3, -0.25) is 0 Å². The van der Waals surface area contributed by atoms with Gasteiger partial charge < -0.3 is 9.80 Å². The molecule has 1 heterocycles. The van der Waals surface area contributed by atoms with Crippen LogP contribution < -0.4 is 15.0 Å². The van der Waals surface area contributed by atoms with Crippen LogP contribution in [0, 0.1) is 0 Å². The minimum absolute atomic E-state index is 1.12. The summed E-state index contributed by atoms with van der Waals surface area (Å²) < 4.78 is 2.61. The lowest BCUT2D eigenvalue weighted by molar-refractivity contribution is 1.29. The smallest absolute Gasteiger partial charge is 0.0775 e. The predicted molar refractivity (Wildman–Crippen MR) is 252 cm³/mol. The van der Waals surface area contributed by atoms with E-state index in [1.54, 1.807) is 0 Å². The number of fused-ring (bicyclic) bond motifs is 8. The van der Waals surface area contributed by atoms with E-state index in [1.807, 2.05) is 11.3 Å². The normalized spacial score (nSPS) is 11.8. The fraction of sp³-hybridized carbons (Fsp3) is 0.0566. The van der Waals surface area contributed by atoms with Gasteiger partial charge >= 0.3 is 0 Å². The van der Waals surface area contributed by atoms with Gasteiger partial charge in [-0.2, -0.15) is 0 Å². The van der Waals surface area contributed by atoms with Crippen LogP contribution in [0.1, 0.15) is 0 Å². The largest absolute Gasteiger partial charge is 0.310 e. The molecule has 0 saturated heterocycles. The topological polar surface area (TPSA) is 6.48 Å². The molecule has 0 atom stereocenters. The third kappa shape index (κ3) is 6.28. The van der Waals surface area contributed by atoms with Gasteiger partial charge in [0.2, 0.25) is 0 Å². The third-order valence-corrected chi connectivity index (χ3v) is 14.4. The lowest BCUT2D eigenvalue weighted by Gasteiger charge is -2.28. The summed E-state index contributed by atoms with van der Waals surface area (Å²) in [5, 5.41) is 9.18. The lowest BCUT2D eigenvalue weighted by Crippen LogP contribution is -2.37. The Morgan fingerprint density at radius 2 is 0.912 bits per heavy atom. The van der Waals surface area contributed by atoms with Crippen LogP contribution in [-0.4, -0.2) is 8.07 Å². The molecule has 9 aromatic carbocycles. The molecule has 0 amide bonds. The molecular formula is C53H42N2SSi. The summed E-state index contributed by atoms with van der Waals surface area (Å²) >= 11 is 1.91. The molecule has 0 aliphatic heterocycles. The van der Waals surface area contributed by atoms with Crippen LogP contribution in [0.3, 0.4) is 0 Å². The Morgan fingerprint density at radius 1 is 0.386 bits per heavy atom. The van der Waals surface area contributed by atoms with Crippen LogP contribution in [0.2, 0.25) is 19.6 Å². The maximum Gasteiger partial charge on any atom is 0.0775 e. The van der Waals surface area contributed by atoms with Gasteiger partial charge in [0.1, 0.15) is 0 Å². The second-order valence-electron chi connectivity index (χ2n) is 15.8. The first-order chi connectivity index (χ1) is 27.9. The summed E-state index contributed by atoms with van der Waals surface area (Å²) in [6.07, 6.45) is 0. The Labute approximate surface area is 339 Å². The van der Waals surface area contributed by atoms with Gasteiger partial charge in [-0.25, -0.2) is 0 Å². The van der Waals surface area contributed by atoms with Gasteiger partial charge in [0.05, 0.1) is 13.8 Å². The number of anilines is 6. The van der Waals surface area contributed by atoms with Crippen molar-refractivity contribution in [3.05, 3.63) is 200 Å². The van der Waals surface area contributed by atoms with Crippen LogP contribution in [0.25, 0.3) is 52.8 Å². The minimum atomic E-state index is -1.43. The van der Waals surface area contributed by atoms with Crippen molar-refractivity contribution >= 4 is 100 Å². The molecule has 0 aliphatic rings. The van der Waals surface area contributed by atoms with Gasteiger partial charge in [0.25, 0.3) is 0 Å². The second-order valence-corrected chi connectivity index (χ2v) is 21.9. The van der Waals surface area contributed by atoms with E-state index in [9.17, 15) is 0 Å². The number of para-hydroxylation sites is 3. The Balaban J connectivity index is 1.17. The molecule has 0 spiro atoms. The molecular weight excluding hydrogens is 725 g/mol. The van der Waals surface area contributed by atoms with Gasteiger partial charge in [0, 0.05) is 59.6 Å². The van der Waals surface area contributed by atoms with Crippen molar-refractivity contribution in [2.45, 2.75) is 19.6 Å². The molecule has 10 aromatic rings. The number of hydrogen-bond acceptors (Lipinski definition) is 3. The average molecular weight is 767 g/mol. The molecule has 0 saturated carbocycles. The second kappa shape index (κ2) is 14.2. The zero-order valence-corrected chi connectivity index (χ0v) is 34.2. The third-order valence-electron chi connectivity index (χ3n) is 11.2. The van der Waals surface area contributed by atoms with Crippen molar-refractivity contribution < 1.29 is 0 Å². The van der Waals surface area contributed by atoms with E-state index in [0.717, 1.165) is 28.4 Å². The molecule has 0 aliphatic carbocycles. The molecule has 0 bridgehead atoms. The molecule has 0 radical (unpaired) electrons. The van der Waals surface area contributed by atoms with Gasteiger partial charge in [-0.1, -0.05) is 158 Å². The quantitative estimate of drug-likeness (QED) is 0.112. The summed E-state index contributed by atoms with van der Waals surface area (Å²) in [6.45, 7) is 7.22. The molecule has 0 unspecified atom stereocenters. The number of hydrogen-bond donors (Lipinski definition) is 0. The van der Waals surface area contributed by atoms with Crippen molar-refractivity contribution in [3.63, 3.8) is 0 Å². The molecule has 1 aromatic heterocycles. The fourth-order valence-corrected chi connectivity index (χ4v) is 10.8. The zero-order chi connectivity index (χ0) is 38.5. The lowest BCUT2D eigenvalue weighted by atomic mass is 9.96. The van der Waals surface area contributed by atoms with Gasteiger partial charge in [0.15, 0.2) is 0 Å².